The van der Waals surface area contributed by atoms with Crippen molar-refractivity contribution in [3.63, 3.8) is 0 Å². The number of amides is 1. The minimum Gasteiger partial charge on any atom is -0.548 e. The van der Waals surface area contributed by atoms with E-state index in [0.29, 0.717) is 19.4 Å². The van der Waals surface area contributed by atoms with E-state index in [1.807, 2.05) is 24.1 Å². The molecule has 2 aliphatic rings. The Morgan fingerprint density at radius 1 is 1.29 bits per heavy atom. The van der Waals surface area contributed by atoms with E-state index in [0.717, 1.165) is 30.4 Å². The number of aryl methyl sites for hydroxylation is 1. The van der Waals surface area contributed by atoms with E-state index in [9.17, 15) is 14.7 Å². The van der Waals surface area contributed by atoms with Gasteiger partial charge in [0.05, 0.1) is 18.1 Å². The Bertz CT molecular complexity index is 606. The normalized spacial score (nSPS) is 23.5. The summed E-state index contributed by atoms with van der Waals surface area (Å²) in [5.74, 6) is -1.12. The Morgan fingerprint density at radius 3 is 2.62 bits per heavy atom. The number of nitrogens with one attached hydrogen (secondary N) is 1. The van der Waals surface area contributed by atoms with Gasteiger partial charge in [-0.1, -0.05) is 0 Å². The number of nitrogens with zero attached hydrogens (tertiary/aromatic N) is 2. The average Bonchev–Trinajstić information content (AvgIpc) is 3.26. The van der Waals surface area contributed by atoms with Crippen molar-refractivity contribution in [1.82, 2.24) is 15.2 Å². The monoisotopic (exact) mass is 339 g/mol. The average molecular weight is 339 g/mol. The number of pyridine rings is 1. The van der Waals surface area contributed by atoms with Crippen LogP contribution in [0.5, 0.6) is 0 Å². The molecule has 1 aromatic heterocycles. The topological polar surface area (TPSA) is 85.4 Å². The van der Waals surface area contributed by atoms with Crippen LogP contribution in [-0.2, 0) is 16.0 Å². The van der Waals surface area contributed by atoms with Crippen LogP contribution in [0.1, 0.15) is 36.8 Å². The maximum atomic E-state index is 12.4. The minimum atomic E-state index is -1.06. The smallest absolute Gasteiger partial charge is 0.548 e. The molecule has 1 amide bonds. The molecule has 1 saturated heterocycles. The largest absolute Gasteiger partial charge is 1.00 e. The van der Waals surface area contributed by atoms with Gasteiger partial charge in [0.15, 0.2) is 0 Å². The van der Waals surface area contributed by atoms with Crippen LogP contribution in [0.25, 0.3) is 0 Å². The second kappa shape index (κ2) is 8.43. The van der Waals surface area contributed by atoms with Crippen LogP contribution < -0.4 is 40.0 Å². The third-order valence-corrected chi connectivity index (χ3v) is 4.82. The van der Waals surface area contributed by atoms with Gasteiger partial charge in [0, 0.05) is 25.0 Å². The van der Waals surface area contributed by atoms with Gasteiger partial charge < -0.3 is 15.2 Å². The van der Waals surface area contributed by atoms with E-state index in [-0.39, 0.29) is 47.5 Å². The molecule has 6 nitrogen and oxygen atoms in total. The molecule has 1 saturated carbocycles. The zero-order valence-corrected chi connectivity index (χ0v) is 16.3. The number of carboxylic acids is 1. The van der Waals surface area contributed by atoms with E-state index in [1.165, 1.54) is 0 Å². The van der Waals surface area contributed by atoms with Crippen molar-refractivity contribution in [3.8, 4) is 0 Å². The summed E-state index contributed by atoms with van der Waals surface area (Å²) in [5, 5.41) is 14.2. The molecular formula is C17H22N3NaO3. The molecule has 3 rings (SSSR count). The molecule has 24 heavy (non-hydrogen) atoms. The van der Waals surface area contributed by atoms with Gasteiger partial charge in [-0.3, -0.25) is 14.7 Å². The van der Waals surface area contributed by atoms with Crippen molar-refractivity contribution < 1.29 is 44.3 Å². The van der Waals surface area contributed by atoms with Crippen LogP contribution in [0.2, 0.25) is 0 Å². The minimum absolute atomic E-state index is 0. The number of hydrogen-bond donors (Lipinski definition) is 1. The first-order valence-electron chi connectivity index (χ1n) is 8.23. The maximum Gasteiger partial charge on any atom is 1.00 e. The van der Waals surface area contributed by atoms with Gasteiger partial charge in [-0.25, -0.2) is 0 Å². The molecule has 1 N–H and O–H groups in total. The Hall–Kier alpha value is -0.950. The van der Waals surface area contributed by atoms with E-state index in [4.69, 9.17) is 0 Å². The fraction of sp³-hybridized carbons (Fsp3) is 0.588. The molecule has 1 aromatic rings. The van der Waals surface area contributed by atoms with Crippen LogP contribution in [0.3, 0.4) is 0 Å². The summed E-state index contributed by atoms with van der Waals surface area (Å²) in [6, 6.07) is 1.24. The van der Waals surface area contributed by atoms with Crippen molar-refractivity contribution in [3.05, 3.63) is 29.6 Å². The van der Waals surface area contributed by atoms with Crippen LogP contribution in [0, 0.1) is 6.92 Å². The summed E-state index contributed by atoms with van der Waals surface area (Å²) < 4.78 is 0. The van der Waals surface area contributed by atoms with Crippen LogP contribution >= 0.6 is 0 Å². The number of aliphatic carboxylic acids is 1. The molecule has 124 valence electrons. The summed E-state index contributed by atoms with van der Waals surface area (Å²) in [6.45, 7) is 2.56. The molecule has 2 atom stereocenters. The van der Waals surface area contributed by atoms with E-state index >= 15 is 0 Å². The molecular weight excluding hydrogens is 317 g/mol. The van der Waals surface area contributed by atoms with Crippen molar-refractivity contribution in [2.45, 2.75) is 57.2 Å². The molecule has 0 spiro atoms. The number of likely N-dealkylation sites (tertiary alicyclic amines) is 1. The predicted octanol–water partition coefficient (Wildman–Crippen LogP) is -3.20. The zero-order valence-electron chi connectivity index (χ0n) is 14.3. The van der Waals surface area contributed by atoms with Gasteiger partial charge in [-0.15, -0.1) is 0 Å². The van der Waals surface area contributed by atoms with Crippen LogP contribution in [-0.4, -0.2) is 46.4 Å². The molecule has 0 bridgehead atoms. The van der Waals surface area contributed by atoms with Crippen molar-refractivity contribution in [1.29, 1.82) is 0 Å². The van der Waals surface area contributed by atoms with Gasteiger partial charge in [0.1, 0.15) is 0 Å². The number of carbonyl (C=O) groups is 2. The van der Waals surface area contributed by atoms with E-state index in [1.54, 1.807) is 6.20 Å². The van der Waals surface area contributed by atoms with E-state index in [2.05, 4.69) is 10.3 Å². The fourth-order valence-corrected chi connectivity index (χ4v) is 3.42. The Kier molecular flexibility index (Phi) is 6.80. The summed E-state index contributed by atoms with van der Waals surface area (Å²) in [6.07, 6.45) is 7.34. The Morgan fingerprint density at radius 2 is 2.00 bits per heavy atom. The number of carboxylic acid groups (broad SMARTS) is 1. The zero-order chi connectivity index (χ0) is 16.4. The first-order valence-corrected chi connectivity index (χ1v) is 8.23. The summed E-state index contributed by atoms with van der Waals surface area (Å²) in [5.41, 5.74) is 2.28. The van der Waals surface area contributed by atoms with Gasteiger partial charge in [0.25, 0.3) is 0 Å². The van der Waals surface area contributed by atoms with E-state index < -0.39 is 12.0 Å². The second-order valence-electron chi connectivity index (χ2n) is 6.45. The molecule has 1 aliphatic carbocycles. The summed E-state index contributed by atoms with van der Waals surface area (Å²) in [4.78, 5) is 29.7. The summed E-state index contributed by atoms with van der Waals surface area (Å²) >= 11 is 0. The molecule has 7 heteroatoms. The third kappa shape index (κ3) is 4.36. The molecule has 0 radical (unpaired) electrons. The first kappa shape index (κ1) is 19.4. The van der Waals surface area contributed by atoms with Gasteiger partial charge in [-0.05, 0) is 56.2 Å². The number of aromatic nitrogens is 1. The molecule has 0 aromatic carbocycles. The SMILES string of the molecule is Cc1ccncc1CCNC(=O)C1CCC(C(=O)[O-])N1C1CC1.[Na+]. The summed E-state index contributed by atoms with van der Waals surface area (Å²) in [7, 11) is 0. The number of hydrogen-bond acceptors (Lipinski definition) is 5. The van der Waals surface area contributed by atoms with Crippen LogP contribution in [0.4, 0.5) is 0 Å². The van der Waals surface area contributed by atoms with Gasteiger partial charge >= 0.3 is 29.6 Å². The quantitative estimate of drug-likeness (QED) is 0.552. The maximum absolute atomic E-state index is 12.4. The number of rotatable bonds is 6. The van der Waals surface area contributed by atoms with Gasteiger partial charge in [0.2, 0.25) is 5.91 Å². The Balaban J connectivity index is 0.00000208. The molecule has 2 fully saturated rings. The second-order valence-corrected chi connectivity index (χ2v) is 6.45. The molecule has 2 unspecified atom stereocenters. The first-order chi connectivity index (χ1) is 11.1. The van der Waals surface area contributed by atoms with Crippen LogP contribution in [0.15, 0.2) is 18.5 Å². The molecule has 2 heterocycles. The fourth-order valence-electron chi connectivity index (χ4n) is 3.42. The van der Waals surface area contributed by atoms with Crippen molar-refractivity contribution in [2.24, 2.45) is 0 Å². The predicted molar refractivity (Wildman–Crippen MR) is 82.4 cm³/mol. The number of carbonyl (C=O) groups excluding carboxylic acids is 2. The standard InChI is InChI=1S/C17H23N3O3.Na/c1-11-6-8-18-10-12(11)7-9-19-16(21)14-4-5-15(17(22)23)20(14)13-2-3-13;/h6,8,10,13-15H,2-5,7,9H2,1H3,(H,19,21)(H,22,23);/q;+1/p-1. The molecule has 1 aliphatic heterocycles. The van der Waals surface area contributed by atoms with Crippen molar-refractivity contribution >= 4 is 11.9 Å². The Labute approximate surface area is 164 Å². The van der Waals surface area contributed by atoms with Crippen molar-refractivity contribution in [2.75, 3.05) is 6.54 Å². The van der Waals surface area contributed by atoms with Gasteiger partial charge in [-0.2, -0.15) is 0 Å². The third-order valence-electron chi connectivity index (χ3n) is 4.82.